The monoisotopic (exact) mass is 363 g/mol. The van der Waals surface area contributed by atoms with Crippen molar-refractivity contribution in [2.75, 3.05) is 26.3 Å². The predicted molar refractivity (Wildman–Crippen MR) is 99.0 cm³/mol. The molecule has 0 N–H and O–H groups in total. The Morgan fingerprint density at radius 3 is 2.31 bits per heavy atom. The van der Waals surface area contributed by atoms with Crippen molar-refractivity contribution in [3.63, 3.8) is 0 Å². The van der Waals surface area contributed by atoms with Crippen molar-refractivity contribution in [1.82, 2.24) is 4.90 Å². The number of hydrogen-bond acceptors (Lipinski definition) is 3. The molecule has 2 saturated heterocycles. The Hall–Kier alpha value is -1.62. The lowest BCUT2D eigenvalue weighted by atomic mass is 9.80. The van der Waals surface area contributed by atoms with Gasteiger partial charge in [0.1, 0.15) is 11.4 Å². The van der Waals surface area contributed by atoms with Crippen LogP contribution in [0.25, 0.3) is 0 Å². The summed E-state index contributed by atoms with van der Waals surface area (Å²) in [7, 11) is 0. The highest BCUT2D eigenvalue weighted by molar-refractivity contribution is 5.68. The van der Waals surface area contributed by atoms with E-state index in [-0.39, 0.29) is 11.9 Å². The normalized spacial score (nSPS) is 20.2. The number of hydrogen-bond donors (Lipinski definition) is 0. The Balaban J connectivity index is 1.69. The van der Waals surface area contributed by atoms with E-state index in [1.54, 1.807) is 17.0 Å². The number of rotatable bonds is 2. The molecule has 26 heavy (non-hydrogen) atoms. The molecule has 0 aliphatic carbocycles. The van der Waals surface area contributed by atoms with Gasteiger partial charge in [0, 0.05) is 26.3 Å². The first-order valence-corrected chi connectivity index (χ1v) is 9.68. The average molecular weight is 363 g/mol. The van der Waals surface area contributed by atoms with Crippen molar-refractivity contribution in [3.05, 3.63) is 35.1 Å². The van der Waals surface area contributed by atoms with E-state index in [2.05, 4.69) is 0 Å². The molecule has 0 saturated carbocycles. The topological polar surface area (TPSA) is 38.8 Å². The Labute approximate surface area is 155 Å². The van der Waals surface area contributed by atoms with Gasteiger partial charge in [-0.2, -0.15) is 0 Å². The van der Waals surface area contributed by atoms with Gasteiger partial charge in [-0.15, -0.1) is 0 Å². The fourth-order valence-electron chi connectivity index (χ4n) is 3.98. The number of halogens is 1. The summed E-state index contributed by atoms with van der Waals surface area (Å²) in [6, 6.07) is 5.24. The molecule has 0 atom stereocenters. The van der Waals surface area contributed by atoms with E-state index in [1.807, 2.05) is 26.8 Å². The first-order chi connectivity index (χ1) is 12.3. The number of nitrogens with zero attached hydrogens (tertiary/aromatic N) is 1. The van der Waals surface area contributed by atoms with E-state index in [0.717, 1.165) is 44.5 Å². The quantitative estimate of drug-likeness (QED) is 0.755. The smallest absolute Gasteiger partial charge is 0.410 e. The SMILES string of the molecule is CC(C)(C)OC(=O)N1CCC(c2cc(F)ccc2C2CCOCC2)CC1. The molecular weight excluding hydrogens is 333 g/mol. The lowest BCUT2D eigenvalue weighted by Gasteiger charge is -2.35. The maximum absolute atomic E-state index is 14.0. The molecule has 5 heteroatoms. The summed E-state index contributed by atoms with van der Waals surface area (Å²) in [5, 5.41) is 0. The van der Waals surface area contributed by atoms with Crippen molar-refractivity contribution in [3.8, 4) is 0 Å². The van der Waals surface area contributed by atoms with Crippen LogP contribution in [-0.2, 0) is 9.47 Å². The highest BCUT2D eigenvalue weighted by atomic mass is 19.1. The zero-order valence-corrected chi connectivity index (χ0v) is 16.1. The molecule has 0 aromatic heterocycles. The molecule has 144 valence electrons. The number of ether oxygens (including phenoxy) is 2. The highest BCUT2D eigenvalue weighted by Gasteiger charge is 2.30. The highest BCUT2D eigenvalue weighted by Crippen LogP contribution is 2.37. The maximum Gasteiger partial charge on any atom is 0.410 e. The zero-order chi connectivity index (χ0) is 18.7. The van der Waals surface area contributed by atoms with Crippen LogP contribution in [0.5, 0.6) is 0 Å². The lowest BCUT2D eigenvalue weighted by Crippen LogP contribution is -2.41. The Morgan fingerprint density at radius 1 is 1.08 bits per heavy atom. The van der Waals surface area contributed by atoms with Crippen molar-refractivity contribution in [1.29, 1.82) is 0 Å². The summed E-state index contributed by atoms with van der Waals surface area (Å²) in [6.07, 6.45) is 3.43. The third-order valence-corrected chi connectivity index (χ3v) is 5.30. The minimum absolute atomic E-state index is 0.176. The van der Waals surface area contributed by atoms with Gasteiger partial charge in [0.15, 0.2) is 0 Å². The van der Waals surface area contributed by atoms with Gasteiger partial charge in [0.2, 0.25) is 0 Å². The summed E-state index contributed by atoms with van der Waals surface area (Å²) >= 11 is 0. The standard InChI is InChI=1S/C21H30FNO3/c1-21(2,3)26-20(24)23-10-6-15(7-11-23)19-14-17(22)4-5-18(19)16-8-12-25-13-9-16/h4-5,14-16H,6-13H2,1-3H3. The average Bonchev–Trinajstić information content (AvgIpc) is 2.61. The van der Waals surface area contributed by atoms with Crippen LogP contribution in [0.2, 0.25) is 0 Å². The predicted octanol–water partition coefficient (Wildman–Crippen LogP) is 4.83. The fourth-order valence-corrected chi connectivity index (χ4v) is 3.98. The van der Waals surface area contributed by atoms with Crippen molar-refractivity contribution < 1.29 is 18.7 Å². The van der Waals surface area contributed by atoms with E-state index in [4.69, 9.17) is 9.47 Å². The van der Waals surface area contributed by atoms with Crippen LogP contribution in [-0.4, -0.2) is 42.9 Å². The van der Waals surface area contributed by atoms with Crippen LogP contribution in [0.1, 0.15) is 69.4 Å². The first kappa shape index (κ1) is 19.2. The van der Waals surface area contributed by atoms with Gasteiger partial charge in [0.25, 0.3) is 0 Å². The van der Waals surface area contributed by atoms with Crippen LogP contribution < -0.4 is 0 Å². The molecule has 0 bridgehead atoms. The second-order valence-corrected chi connectivity index (χ2v) is 8.40. The number of likely N-dealkylation sites (tertiary alicyclic amines) is 1. The second-order valence-electron chi connectivity index (χ2n) is 8.40. The number of carbonyl (C=O) groups excluding carboxylic acids is 1. The molecule has 0 unspecified atom stereocenters. The Morgan fingerprint density at radius 2 is 1.69 bits per heavy atom. The van der Waals surface area contributed by atoms with Crippen molar-refractivity contribution in [2.24, 2.45) is 0 Å². The summed E-state index contributed by atoms with van der Waals surface area (Å²) in [5.74, 6) is 0.566. The minimum atomic E-state index is -0.479. The molecule has 2 heterocycles. The molecule has 2 aliphatic rings. The fraction of sp³-hybridized carbons (Fsp3) is 0.667. The number of carbonyl (C=O) groups is 1. The van der Waals surface area contributed by atoms with Gasteiger partial charge < -0.3 is 14.4 Å². The zero-order valence-electron chi connectivity index (χ0n) is 16.1. The van der Waals surface area contributed by atoms with Gasteiger partial charge in [-0.05, 0) is 81.5 Å². The van der Waals surface area contributed by atoms with Crippen LogP contribution in [0, 0.1) is 5.82 Å². The van der Waals surface area contributed by atoms with Gasteiger partial charge in [-0.25, -0.2) is 9.18 Å². The summed E-state index contributed by atoms with van der Waals surface area (Å²) in [6.45, 7) is 8.50. The maximum atomic E-state index is 14.0. The molecule has 2 fully saturated rings. The molecule has 3 rings (SSSR count). The van der Waals surface area contributed by atoms with Gasteiger partial charge in [0.05, 0.1) is 0 Å². The Bertz CT molecular complexity index is 627. The number of amides is 1. The molecule has 4 nitrogen and oxygen atoms in total. The third kappa shape index (κ3) is 4.76. The van der Waals surface area contributed by atoms with Gasteiger partial charge in [-0.1, -0.05) is 6.07 Å². The Kier molecular flexibility index (Phi) is 5.86. The van der Waals surface area contributed by atoms with Gasteiger partial charge in [-0.3, -0.25) is 0 Å². The molecular formula is C21H30FNO3. The molecule has 1 amide bonds. The summed E-state index contributed by atoms with van der Waals surface area (Å²) in [5.41, 5.74) is 1.92. The van der Waals surface area contributed by atoms with E-state index in [0.29, 0.717) is 24.9 Å². The molecule has 0 spiro atoms. The van der Waals surface area contributed by atoms with Crippen LogP contribution in [0.4, 0.5) is 9.18 Å². The van der Waals surface area contributed by atoms with Crippen molar-refractivity contribution >= 4 is 6.09 Å². The van der Waals surface area contributed by atoms with Gasteiger partial charge >= 0.3 is 6.09 Å². The summed E-state index contributed by atoms with van der Waals surface area (Å²) < 4.78 is 24.9. The minimum Gasteiger partial charge on any atom is -0.444 e. The van der Waals surface area contributed by atoms with E-state index < -0.39 is 5.60 Å². The second kappa shape index (κ2) is 7.95. The summed E-state index contributed by atoms with van der Waals surface area (Å²) in [4.78, 5) is 14.0. The molecule has 1 aromatic carbocycles. The van der Waals surface area contributed by atoms with Crippen LogP contribution in [0.15, 0.2) is 18.2 Å². The van der Waals surface area contributed by atoms with E-state index >= 15 is 0 Å². The molecule has 1 aromatic rings. The van der Waals surface area contributed by atoms with Crippen molar-refractivity contribution in [2.45, 2.75) is 63.9 Å². The molecule has 0 radical (unpaired) electrons. The van der Waals surface area contributed by atoms with E-state index in [9.17, 15) is 9.18 Å². The largest absolute Gasteiger partial charge is 0.444 e. The number of benzene rings is 1. The first-order valence-electron chi connectivity index (χ1n) is 9.68. The molecule has 2 aliphatic heterocycles. The van der Waals surface area contributed by atoms with Crippen LogP contribution >= 0.6 is 0 Å². The third-order valence-electron chi connectivity index (χ3n) is 5.30. The number of piperidine rings is 1. The lowest BCUT2D eigenvalue weighted by molar-refractivity contribution is 0.0204. The van der Waals surface area contributed by atoms with Crippen LogP contribution in [0.3, 0.4) is 0 Å². The van der Waals surface area contributed by atoms with E-state index in [1.165, 1.54) is 5.56 Å².